The predicted octanol–water partition coefficient (Wildman–Crippen LogP) is 1.17. The number of hydrogen-bond acceptors (Lipinski definition) is 4. The fourth-order valence-electron chi connectivity index (χ4n) is 1.34. The summed E-state index contributed by atoms with van der Waals surface area (Å²) in [5.74, 6) is 0. The number of hydrogen-bond donors (Lipinski definition) is 1. The summed E-state index contributed by atoms with van der Waals surface area (Å²) in [6.07, 6.45) is 4.68. The maximum absolute atomic E-state index is 3.89. The molecule has 5 heteroatoms. The van der Waals surface area contributed by atoms with Crippen LogP contribution in [-0.2, 0) is 13.0 Å². The van der Waals surface area contributed by atoms with Gasteiger partial charge < -0.3 is 5.32 Å². The van der Waals surface area contributed by atoms with Gasteiger partial charge in [-0.05, 0) is 17.9 Å². The van der Waals surface area contributed by atoms with Gasteiger partial charge in [-0.15, -0.1) is 16.4 Å². The lowest BCUT2D eigenvalue weighted by molar-refractivity contribution is 0.542. The van der Waals surface area contributed by atoms with E-state index >= 15 is 0 Å². The van der Waals surface area contributed by atoms with Crippen LogP contribution in [0.2, 0.25) is 0 Å². The van der Waals surface area contributed by atoms with Gasteiger partial charge in [0.2, 0.25) is 0 Å². The van der Waals surface area contributed by atoms with Gasteiger partial charge in [-0.3, -0.25) is 4.68 Å². The van der Waals surface area contributed by atoms with Crippen molar-refractivity contribution in [1.82, 2.24) is 20.3 Å². The molecule has 0 atom stereocenters. The van der Waals surface area contributed by atoms with Gasteiger partial charge in [-0.2, -0.15) is 0 Å². The minimum Gasteiger partial charge on any atom is -0.315 e. The van der Waals surface area contributed by atoms with E-state index in [9.17, 15) is 0 Å². The Kier molecular flexibility index (Phi) is 3.87. The van der Waals surface area contributed by atoms with E-state index in [-0.39, 0.29) is 0 Å². The zero-order chi connectivity index (χ0) is 10.3. The summed E-state index contributed by atoms with van der Waals surface area (Å²) >= 11 is 1.81. The van der Waals surface area contributed by atoms with Crippen LogP contribution in [0.15, 0.2) is 29.9 Å². The summed E-state index contributed by atoms with van der Waals surface area (Å²) < 4.78 is 1.83. The molecule has 0 radical (unpaired) electrons. The zero-order valence-electron chi connectivity index (χ0n) is 8.47. The second-order valence-corrected chi connectivity index (χ2v) is 4.28. The molecule has 0 bridgehead atoms. The lowest BCUT2D eigenvalue weighted by Gasteiger charge is -2.03. The van der Waals surface area contributed by atoms with E-state index in [1.54, 1.807) is 6.20 Å². The van der Waals surface area contributed by atoms with E-state index in [0.717, 1.165) is 26.1 Å². The van der Waals surface area contributed by atoms with Crippen LogP contribution in [0.3, 0.4) is 0 Å². The third-order valence-corrected chi connectivity index (χ3v) is 3.05. The van der Waals surface area contributed by atoms with E-state index in [2.05, 4.69) is 33.1 Å². The molecular weight excluding hydrogens is 208 g/mol. The smallest absolute Gasteiger partial charge is 0.0692 e. The highest BCUT2D eigenvalue weighted by atomic mass is 32.1. The molecule has 2 aromatic rings. The van der Waals surface area contributed by atoms with Gasteiger partial charge in [-0.25, -0.2) is 0 Å². The fourth-order valence-corrected chi connectivity index (χ4v) is 2.05. The van der Waals surface area contributed by atoms with Crippen molar-refractivity contribution in [2.24, 2.45) is 0 Å². The molecule has 1 N–H and O–H groups in total. The van der Waals surface area contributed by atoms with E-state index < -0.39 is 0 Å². The highest BCUT2D eigenvalue weighted by Gasteiger charge is 1.94. The molecule has 0 aliphatic rings. The summed E-state index contributed by atoms with van der Waals surface area (Å²) in [4.78, 5) is 1.43. The van der Waals surface area contributed by atoms with Crippen LogP contribution in [0.25, 0.3) is 0 Å². The van der Waals surface area contributed by atoms with Crippen molar-refractivity contribution in [3.05, 3.63) is 34.8 Å². The van der Waals surface area contributed by atoms with E-state index in [1.807, 2.05) is 22.2 Å². The summed E-state index contributed by atoms with van der Waals surface area (Å²) in [5.41, 5.74) is 0. The van der Waals surface area contributed by atoms with Crippen molar-refractivity contribution in [1.29, 1.82) is 0 Å². The lowest BCUT2D eigenvalue weighted by atomic mass is 10.3. The molecule has 4 nitrogen and oxygen atoms in total. The third-order valence-electron chi connectivity index (χ3n) is 2.12. The summed E-state index contributed by atoms with van der Waals surface area (Å²) in [5, 5.41) is 13.1. The summed E-state index contributed by atoms with van der Waals surface area (Å²) in [6.45, 7) is 2.84. The predicted molar refractivity (Wildman–Crippen MR) is 60.9 cm³/mol. The molecule has 2 rings (SSSR count). The second kappa shape index (κ2) is 5.63. The lowest BCUT2D eigenvalue weighted by Crippen LogP contribution is -2.22. The Hall–Kier alpha value is -1.20. The normalized spacial score (nSPS) is 10.7. The first kappa shape index (κ1) is 10.3. The quantitative estimate of drug-likeness (QED) is 0.746. The molecule has 0 saturated carbocycles. The van der Waals surface area contributed by atoms with E-state index in [1.165, 1.54) is 4.88 Å². The van der Waals surface area contributed by atoms with Gasteiger partial charge in [-0.1, -0.05) is 11.3 Å². The van der Waals surface area contributed by atoms with Crippen LogP contribution in [0.4, 0.5) is 0 Å². The Labute approximate surface area is 92.9 Å². The minimum atomic E-state index is 0.879. The molecule has 0 aliphatic carbocycles. The topological polar surface area (TPSA) is 42.7 Å². The standard InChI is InChI=1S/C10H14N4S/c1-2-10(15-9-1)3-4-11-5-7-14-8-6-12-13-14/h1-2,6,8-9,11H,3-5,7H2. The van der Waals surface area contributed by atoms with Crippen LogP contribution in [0.1, 0.15) is 4.88 Å². The molecule has 0 aliphatic heterocycles. The second-order valence-electron chi connectivity index (χ2n) is 3.25. The van der Waals surface area contributed by atoms with Gasteiger partial charge in [0, 0.05) is 24.2 Å². The van der Waals surface area contributed by atoms with E-state index in [0.29, 0.717) is 0 Å². The maximum Gasteiger partial charge on any atom is 0.0692 e. The average molecular weight is 222 g/mol. The Morgan fingerprint density at radius 2 is 2.40 bits per heavy atom. The first-order valence-electron chi connectivity index (χ1n) is 5.02. The highest BCUT2D eigenvalue weighted by Crippen LogP contribution is 2.07. The van der Waals surface area contributed by atoms with Crippen LogP contribution < -0.4 is 5.32 Å². The number of aromatic nitrogens is 3. The van der Waals surface area contributed by atoms with Crippen LogP contribution in [0.5, 0.6) is 0 Å². The van der Waals surface area contributed by atoms with Gasteiger partial charge in [0.25, 0.3) is 0 Å². The Morgan fingerprint density at radius 3 is 3.13 bits per heavy atom. The fraction of sp³-hybridized carbons (Fsp3) is 0.400. The first-order valence-corrected chi connectivity index (χ1v) is 5.90. The molecule has 15 heavy (non-hydrogen) atoms. The zero-order valence-corrected chi connectivity index (χ0v) is 9.28. The van der Waals surface area contributed by atoms with Crippen LogP contribution in [-0.4, -0.2) is 28.1 Å². The van der Waals surface area contributed by atoms with Crippen molar-refractivity contribution < 1.29 is 0 Å². The van der Waals surface area contributed by atoms with Gasteiger partial charge in [0.05, 0.1) is 12.7 Å². The number of nitrogens with zero attached hydrogens (tertiary/aromatic N) is 3. The molecule has 2 heterocycles. The number of thiophene rings is 1. The first-order chi connectivity index (χ1) is 7.45. The Bertz CT molecular complexity index is 318. The van der Waals surface area contributed by atoms with Crippen LogP contribution >= 0.6 is 11.3 Å². The maximum atomic E-state index is 3.89. The molecule has 0 saturated heterocycles. The molecule has 0 aromatic carbocycles. The van der Waals surface area contributed by atoms with Crippen LogP contribution in [0, 0.1) is 0 Å². The largest absolute Gasteiger partial charge is 0.315 e. The average Bonchev–Trinajstić information content (AvgIpc) is 2.88. The summed E-state index contributed by atoms with van der Waals surface area (Å²) in [7, 11) is 0. The monoisotopic (exact) mass is 222 g/mol. The van der Waals surface area contributed by atoms with Crippen molar-refractivity contribution in [2.75, 3.05) is 13.1 Å². The Morgan fingerprint density at radius 1 is 1.40 bits per heavy atom. The summed E-state index contributed by atoms with van der Waals surface area (Å²) in [6, 6.07) is 4.26. The molecule has 0 amide bonds. The van der Waals surface area contributed by atoms with Crippen molar-refractivity contribution in [3.63, 3.8) is 0 Å². The number of nitrogens with one attached hydrogen (secondary N) is 1. The third kappa shape index (κ3) is 3.45. The molecule has 0 fully saturated rings. The van der Waals surface area contributed by atoms with Gasteiger partial charge >= 0.3 is 0 Å². The SMILES string of the molecule is c1csc(CCNCCn2ccnn2)c1. The van der Waals surface area contributed by atoms with Crippen molar-refractivity contribution in [3.8, 4) is 0 Å². The molecule has 0 unspecified atom stereocenters. The molecule has 80 valence electrons. The highest BCUT2D eigenvalue weighted by molar-refractivity contribution is 7.09. The molecule has 2 aromatic heterocycles. The molecular formula is C10H14N4S. The van der Waals surface area contributed by atoms with Gasteiger partial charge in [0.15, 0.2) is 0 Å². The Balaban J connectivity index is 1.56. The molecule has 0 spiro atoms. The van der Waals surface area contributed by atoms with Gasteiger partial charge in [0.1, 0.15) is 0 Å². The number of rotatable bonds is 6. The van der Waals surface area contributed by atoms with E-state index in [4.69, 9.17) is 0 Å². The van der Waals surface area contributed by atoms with Crippen molar-refractivity contribution >= 4 is 11.3 Å². The minimum absolute atomic E-state index is 0.879. The van der Waals surface area contributed by atoms with Crippen molar-refractivity contribution in [2.45, 2.75) is 13.0 Å².